The number of aliphatic carboxylic acids is 1. The molecule has 1 N–H and O–H groups in total. The van der Waals surface area contributed by atoms with E-state index in [2.05, 4.69) is 0 Å². The van der Waals surface area contributed by atoms with Crippen LogP contribution in [0.5, 0.6) is 0 Å². The van der Waals surface area contributed by atoms with Crippen molar-refractivity contribution in [3.63, 3.8) is 0 Å². The van der Waals surface area contributed by atoms with Gasteiger partial charge in [0.2, 0.25) is 5.91 Å². The number of carboxylic acid groups (broad SMARTS) is 1. The first-order valence-corrected chi connectivity index (χ1v) is 6.69. The number of likely N-dealkylation sites (tertiary alicyclic amines) is 1. The van der Waals surface area contributed by atoms with Gasteiger partial charge in [-0.2, -0.15) is 0 Å². The quantitative estimate of drug-likeness (QED) is 0.809. The minimum absolute atomic E-state index is 0.0400. The van der Waals surface area contributed by atoms with Crippen LogP contribution in [0.4, 0.5) is 0 Å². The zero-order chi connectivity index (χ0) is 13.3. The van der Waals surface area contributed by atoms with Crippen molar-refractivity contribution in [2.75, 3.05) is 20.6 Å². The van der Waals surface area contributed by atoms with Crippen LogP contribution in [-0.2, 0) is 9.59 Å². The number of carboxylic acids is 1. The number of rotatable bonds is 3. The lowest BCUT2D eigenvalue weighted by Crippen LogP contribution is -2.49. The van der Waals surface area contributed by atoms with Gasteiger partial charge in [0.05, 0.1) is 6.54 Å². The lowest BCUT2D eigenvalue weighted by atomic mass is 9.85. The van der Waals surface area contributed by atoms with Gasteiger partial charge in [0.25, 0.3) is 0 Å². The molecule has 1 saturated carbocycles. The fourth-order valence-corrected chi connectivity index (χ4v) is 3.39. The van der Waals surface area contributed by atoms with E-state index in [1.807, 2.05) is 14.1 Å². The molecular formula is C13H22N2O3. The molecule has 0 aromatic carbocycles. The Bertz CT molecular complexity index is 343. The number of hydrogen-bond acceptors (Lipinski definition) is 3. The molecule has 1 aliphatic heterocycles. The summed E-state index contributed by atoms with van der Waals surface area (Å²) in [6.07, 6.45) is 4.95. The van der Waals surface area contributed by atoms with E-state index in [4.69, 9.17) is 0 Å². The highest BCUT2D eigenvalue weighted by molar-refractivity contribution is 5.85. The Morgan fingerprint density at radius 2 is 1.94 bits per heavy atom. The summed E-state index contributed by atoms with van der Waals surface area (Å²) in [7, 11) is 3.67. The Balaban J connectivity index is 2.16. The van der Waals surface area contributed by atoms with Crippen molar-refractivity contribution in [3.05, 3.63) is 0 Å². The Hall–Kier alpha value is -1.10. The minimum Gasteiger partial charge on any atom is -0.480 e. The first-order chi connectivity index (χ1) is 8.50. The van der Waals surface area contributed by atoms with Crippen molar-refractivity contribution in [1.29, 1.82) is 0 Å². The minimum atomic E-state index is -0.850. The number of carbonyl (C=O) groups excluding carboxylic acids is 1. The predicted molar refractivity (Wildman–Crippen MR) is 67.2 cm³/mol. The van der Waals surface area contributed by atoms with Crippen molar-refractivity contribution in [1.82, 2.24) is 9.80 Å². The van der Waals surface area contributed by atoms with Crippen LogP contribution in [-0.4, -0.2) is 59.5 Å². The standard InChI is InChI=1S/C13H22N2O3/c1-14(2)8-12(16)15-10-6-4-3-5-9(10)7-11(15)13(17)18/h9-11H,3-8H2,1-2H3,(H,17,18). The second kappa shape index (κ2) is 5.26. The molecule has 1 amide bonds. The third-order valence-corrected chi connectivity index (χ3v) is 4.11. The topological polar surface area (TPSA) is 60.9 Å². The van der Waals surface area contributed by atoms with E-state index >= 15 is 0 Å². The molecule has 1 saturated heterocycles. The van der Waals surface area contributed by atoms with E-state index < -0.39 is 12.0 Å². The maximum absolute atomic E-state index is 12.2. The smallest absolute Gasteiger partial charge is 0.326 e. The summed E-state index contributed by atoms with van der Waals surface area (Å²) in [6.45, 7) is 0.299. The first-order valence-electron chi connectivity index (χ1n) is 6.69. The molecule has 0 spiro atoms. The molecule has 0 aromatic heterocycles. The molecule has 2 rings (SSSR count). The summed E-state index contributed by atoms with van der Waals surface area (Å²) in [5.41, 5.74) is 0. The maximum Gasteiger partial charge on any atom is 0.326 e. The van der Waals surface area contributed by atoms with E-state index in [0.717, 1.165) is 19.3 Å². The molecule has 2 aliphatic rings. The van der Waals surface area contributed by atoms with Crippen molar-refractivity contribution in [2.45, 2.75) is 44.2 Å². The van der Waals surface area contributed by atoms with Crippen molar-refractivity contribution in [3.8, 4) is 0 Å². The monoisotopic (exact) mass is 254 g/mol. The molecule has 1 heterocycles. The average molecular weight is 254 g/mol. The summed E-state index contributed by atoms with van der Waals surface area (Å²) in [4.78, 5) is 27.0. The highest BCUT2D eigenvalue weighted by atomic mass is 16.4. The van der Waals surface area contributed by atoms with E-state index in [9.17, 15) is 14.7 Å². The first kappa shape index (κ1) is 13.3. The Morgan fingerprint density at radius 1 is 1.28 bits per heavy atom. The Morgan fingerprint density at radius 3 is 2.56 bits per heavy atom. The molecule has 102 valence electrons. The lowest BCUT2D eigenvalue weighted by Gasteiger charge is -2.33. The van der Waals surface area contributed by atoms with Gasteiger partial charge in [-0.1, -0.05) is 12.8 Å². The number of amides is 1. The van der Waals surface area contributed by atoms with E-state index in [1.54, 1.807) is 9.80 Å². The van der Waals surface area contributed by atoms with E-state index in [-0.39, 0.29) is 11.9 Å². The van der Waals surface area contributed by atoms with Crippen LogP contribution in [0.2, 0.25) is 0 Å². The molecule has 3 atom stereocenters. The molecule has 3 unspecified atom stereocenters. The third kappa shape index (κ3) is 2.51. The fraction of sp³-hybridized carbons (Fsp3) is 0.846. The SMILES string of the molecule is CN(C)CC(=O)N1C(C(=O)O)CC2CCCCC21. The number of carbonyl (C=O) groups is 2. The van der Waals surface area contributed by atoms with Crippen molar-refractivity contribution < 1.29 is 14.7 Å². The van der Waals surface area contributed by atoms with Gasteiger partial charge >= 0.3 is 5.97 Å². The van der Waals surface area contributed by atoms with Crippen molar-refractivity contribution >= 4 is 11.9 Å². The zero-order valence-electron chi connectivity index (χ0n) is 11.1. The average Bonchev–Trinajstić information content (AvgIpc) is 2.67. The molecule has 18 heavy (non-hydrogen) atoms. The summed E-state index contributed by atoms with van der Waals surface area (Å²) in [5.74, 6) is -0.496. The van der Waals surface area contributed by atoms with Gasteiger partial charge in [-0.15, -0.1) is 0 Å². The summed E-state index contributed by atoms with van der Waals surface area (Å²) >= 11 is 0. The third-order valence-electron chi connectivity index (χ3n) is 4.11. The van der Waals surface area contributed by atoms with Gasteiger partial charge in [0, 0.05) is 6.04 Å². The highest BCUT2D eigenvalue weighted by Gasteiger charge is 2.47. The summed E-state index contributed by atoms with van der Waals surface area (Å²) in [5, 5.41) is 9.31. The molecule has 0 aromatic rings. The zero-order valence-corrected chi connectivity index (χ0v) is 11.1. The van der Waals surface area contributed by atoms with E-state index in [0.29, 0.717) is 18.9 Å². The fourth-order valence-electron chi connectivity index (χ4n) is 3.39. The number of nitrogens with zero attached hydrogens (tertiary/aromatic N) is 2. The van der Waals surface area contributed by atoms with Crippen LogP contribution in [0.1, 0.15) is 32.1 Å². The van der Waals surface area contributed by atoms with Gasteiger partial charge in [0.15, 0.2) is 0 Å². The highest BCUT2D eigenvalue weighted by Crippen LogP contribution is 2.39. The second-order valence-corrected chi connectivity index (χ2v) is 5.74. The molecule has 5 heteroatoms. The molecule has 0 bridgehead atoms. The van der Waals surface area contributed by atoms with Gasteiger partial charge in [-0.05, 0) is 39.3 Å². The maximum atomic E-state index is 12.2. The van der Waals surface area contributed by atoms with Gasteiger partial charge < -0.3 is 14.9 Å². The van der Waals surface area contributed by atoms with Gasteiger partial charge in [-0.3, -0.25) is 4.79 Å². The normalized spacial score (nSPS) is 31.5. The van der Waals surface area contributed by atoms with Crippen LogP contribution >= 0.6 is 0 Å². The van der Waals surface area contributed by atoms with Crippen LogP contribution in [0.15, 0.2) is 0 Å². The van der Waals surface area contributed by atoms with Crippen LogP contribution in [0.25, 0.3) is 0 Å². The number of fused-ring (bicyclic) bond motifs is 1. The molecule has 2 fully saturated rings. The summed E-state index contributed by atoms with van der Waals surface area (Å²) < 4.78 is 0. The van der Waals surface area contributed by atoms with Crippen LogP contribution < -0.4 is 0 Å². The molecule has 0 radical (unpaired) electrons. The van der Waals surface area contributed by atoms with Gasteiger partial charge in [0.1, 0.15) is 6.04 Å². The Kier molecular flexibility index (Phi) is 3.90. The van der Waals surface area contributed by atoms with Gasteiger partial charge in [-0.25, -0.2) is 4.79 Å². The number of likely N-dealkylation sites (N-methyl/N-ethyl adjacent to an activating group) is 1. The predicted octanol–water partition coefficient (Wildman–Crippen LogP) is 0.792. The van der Waals surface area contributed by atoms with Crippen molar-refractivity contribution in [2.24, 2.45) is 5.92 Å². The lowest BCUT2D eigenvalue weighted by molar-refractivity contribution is -0.150. The summed E-state index contributed by atoms with van der Waals surface area (Å²) in [6, 6.07) is -0.446. The largest absolute Gasteiger partial charge is 0.480 e. The second-order valence-electron chi connectivity index (χ2n) is 5.74. The Labute approximate surface area is 108 Å². The molecule has 5 nitrogen and oxygen atoms in total. The van der Waals surface area contributed by atoms with Crippen LogP contribution in [0.3, 0.4) is 0 Å². The number of hydrogen-bond donors (Lipinski definition) is 1. The molecular weight excluding hydrogens is 232 g/mol. The van der Waals surface area contributed by atoms with Crippen LogP contribution in [0, 0.1) is 5.92 Å². The van der Waals surface area contributed by atoms with E-state index in [1.165, 1.54) is 6.42 Å². The molecule has 1 aliphatic carbocycles.